The first-order valence-electron chi connectivity index (χ1n) is 13.6. The molecule has 7 heteroatoms. The van der Waals surface area contributed by atoms with Gasteiger partial charge < -0.3 is 19.3 Å². The molecule has 0 aliphatic carbocycles. The molecular formula is C33H41NO6. The molecule has 0 spiro atoms. The number of ether oxygens (including phenoxy) is 3. The number of esters is 2. The summed E-state index contributed by atoms with van der Waals surface area (Å²) in [7, 11) is 2.47. The van der Waals surface area contributed by atoms with Crippen molar-refractivity contribution >= 4 is 11.9 Å². The van der Waals surface area contributed by atoms with Gasteiger partial charge in [-0.25, -0.2) is 4.79 Å². The molecule has 0 aliphatic heterocycles. The lowest BCUT2D eigenvalue weighted by atomic mass is 9.79. The molecule has 1 N–H and O–H groups in total. The van der Waals surface area contributed by atoms with Crippen molar-refractivity contribution in [2.45, 2.75) is 57.5 Å². The maximum absolute atomic E-state index is 13.4. The molecule has 0 saturated carbocycles. The molecule has 3 aromatic carbocycles. The van der Waals surface area contributed by atoms with Gasteiger partial charge in [-0.05, 0) is 43.4 Å². The van der Waals surface area contributed by atoms with Crippen LogP contribution < -0.4 is 0 Å². The Bertz CT molecular complexity index is 1170. The Hall–Kier alpha value is -3.52. The Labute approximate surface area is 237 Å². The summed E-state index contributed by atoms with van der Waals surface area (Å²) < 4.78 is 16.1. The second-order valence-electron chi connectivity index (χ2n) is 10.1. The van der Waals surface area contributed by atoms with Crippen LogP contribution in [-0.4, -0.2) is 54.4 Å². The molecule has 4 atom stereocenters. The first kappa shape index (κ1) is 31.0. The number of benzene rings is 3. The summed E-state index contributed by atoms with van der Waals surface area (Å²) in [5.41, 5.74) is 1.04. The van der Waals surface area contributed by atoms with Crippen molar-refractivity contribution in [3.8, 4) is 0 Å². The van der Waals surface area contributed by atoms with Crippen molar-refractivity contribution in [2.75, 3.05) is 20.8 Å². The number of aliphatic hydroxyl groups is 1. The van der Waals surface area contributed by atoms with E-state index in [-0.39, 0.29) is 6.04 Å². The predicted octanol–water partition coefficient (Wildman–Crippen LogP) is 5.33. The van der Waals surface area contributed by atoms with Gasteiger partial charge in [-0.1, -0.05) is 91.0 Å². The molecule has 0 amide bonds. The van der Waals surface area contributed by atoms with E-state index in [2.05, 4.69) is 11.8 Å². The van der Waals surface area contributed by atoms with Gasteiger partial charge in [-0.3, -0.25) is 9.69 Å². The van der Waals surface area contributed by atoms with Crippen molar-refractivity contribution in [3.63, 3.8) is 0 Å². The van der Waals surface area contributed by atoms with Gasteiger partial charge in [0, 0.05) is 25.2 Å². The van der Waals surface area contributed by atoms with Crippen molar-refractivity contribution < 1.29 is 28.9 Å². The molecule has 0 fully saturated rings. The third kappa shape index (κ3) is 8.24. The number of nitrogens with zero attached hydrogens (tertiary/aromatic N) is 1. The fourth-order valence-corrected chi connectivity index (χ4v) is 5.16. The largest absolute Gasteiger partial charge is 0.469 e. The highest BCUT2D eigenvalue weighted by atomic mass is 16.5. The van der Waals surface area contributed by atoms with Gasteiger partial charge >= 0.3 is 11.9 Å². The molecule has 0 bridgehead atoms. The second kappa shape index (κ2) is 15.3. The molecule has 7 nitrogen and oxygen atoms in total. The van der Waals surface area contributed by atoms with Crippen LogP contribution in [0.25, 0.3) is 0 Å². The van der Waals surface area contributed by atoms with Crippen LogP contribution in [0.4, 0.5) is 0 Å². The number of rotatable bonds is 15. The van der Waals surface area contributed by atoms with E-state index in [1.807, 2.05) is 91.0 Å². The lowest BCUT2D eigenvalue weighted by molar-refractivity contribution is -0.182. The molecule has 3 aromatic rings. The first-order valence-corrected chi connectivity index (χ1v) is 13.6. The van der Waals surface area contributed by atoms with E-state index < -0.39 is 29.5 Å². The molecule has 214 valence electrons. The zero-order valence-corrected chi connectivity index (χ0v) is 23.9. The van der Waals surface area contributed by atoms with Crippen molar-refractivity contribution in [3.05, 3.63) is 108 Å². The van der Waals surface area contributed by atoms with Crippen LogP contribution >= 0.6 is 0 Å². The monoisotopic (exact) mass is 547 g/mol. The smallest absolute Gasteiger partial charge is 0.338 e. The van der Waals surface area contributed by atoms with E-state index in [1.165, 1.54) is 21.1 Å². The lowest BCUT2D eigenvalue weighted by Crippen LogP contribution is -2.57. The van der Waals surface area contributed by atoms with Gasteiger partial charge in [0.1, 0.15) is 5.92 Å². The van der Waals surface area contributed by atoms with Crippen LogP contribution in [0.2, 0.25) is 0 Å². The minimum Gasteiger partial charge on any atom is -0.469 e. The Morgan fingerprint density at radius 3 is 1.95 bits per heavy atom. The Morgan fingerprint density at radius 2 is 1.40 bits per heavy atom. The molecule has 0 heterocycles. The maximum Gasteiger partial charge on any atom is 0.338 e. The fourth-order valence-electron chi connectivity index (χ4n) is 5.16. The topological polar surface area (TPSA) is 85.3 Å². The van der Waals surface area contributed by atoms with Crippen molar-refractivity contribution in [2.24, 2.45) is 5.92 Å². The zero-order chi connectivity index (χ0) is 29.0. The van der Waals surface area contributed by atoms with Crippen LogP contribution in [0.1, 0.15) is 49.4 Å². The predicted molar refractivity (Wildman–Crippen MR) is 154 cm³/mol. The van der Waals surface area contributed by atoms with Crippen LogP contribution in [0.5, 0.6) is 0 Å². The molecule has 0 aromatic heterocycles. The van der Waals surface area contributed by atoms with Crippen LogP contribution in [0.3, 0.4) is 0 Å². The summed E-state index contributed by atoms with van der Waals surface area (Å²) in [5, 5.41) is 11.5. The number of carbonyl (C=O) groups is 2. The van der Waals surface area contributed by atoms with E-state index in [0.29, 0.717) is 32.6 Å². The summed E-state index contributed by atoms with van der Waals surface area (Å²) in [6, 6.07) is 29.1. The summed E-state index contributed by atoms with van der Waals surface area (Å²) in [6.07, 6.45) is 1.06. The number of methoxy groups -OCH3 is 2. The van der Waals surface area contributed by atoms with Gasteiger partial charge in [0.05, 0.1) is 20.8 Å². The van der Waals surface area contributed by atoms with Crippen molar-refractivity contribution in [1.29, 1.82) is 0 Å². The van der Waals surface area contributed by atoms with Gasteiger partial charge in [0.2, 0.25) is 0 Å². The maximum atomic E-state index is 13.4. The molecule has 0 radical (unpaired) electrons. The number of carbonyl (C=O) groups excluding carboxylic acids is 2. The Morgan fingerprint density at radius 1 is 0.850 bits per heavy atom. The summed E-state index contributed by atoms with van der Waals surface area (Å²) in [4.78, 5) is 28.4. The Balaban J connectivity index is 1.98. The van der Waals surface area contributed by atoms with E-state index in [9.17, 15) is 14.7 Å². The molecule has 0 unspecified atom stereocenters. The SMILES string of the molecule is COC(=O)[C@H]([C@H](CCCOCc1ccccc1)N(Cc1ccccc1)[C@@H](C)c1ccccc1)[C@@](C)(O)C(=O)OC. The zero-order valence-electron chi connectivity index (χ0n) is 23.9. The molecule has 3 rings (SSSR count). The quantitative estimate of drug-likeness (QED) is 0.203. The molecule has 0 aliphatic rings. The highest BCUT2D eigenvalue weighted by Crippen LogP contribution is 2.36. The number of hydrogen-bond donors (Lipinski definition) is 1. The number of hydrogen-bond acceptors (Lipinski definition) is 7. The standard InChI is InChI=1S/C33H41NO6/c1-25(28-19-12-7-13-20-28)34(23-26-15-8-5-9-16-26)29(21-14-22-40-24-27-17-10-6-11-18-27)30(31(35)38-3)33(2,37)32(36)39-4/h5-13,15-20,25,29-30,37H,14,21-24H2,1-4H3/t25-,29-,30-,33+/m0/s1. The average molecular weight is 548 g/mol. The van der Waals surface area contributed by atoms with E-state index in [4.69, 9.17) is 14.2 Å². The molecule has 40 heavy (non-hydrogen) atoms. The normalized spacial score (nSPS) is 15.1. The third-order valence-electron chi connectivity index (χ3n) is 7.36. The van der Waals surface area contributed by atoms with Gasteiger partial charge in [0.25, 0.3) is 0 Å². The minimum absolute atomic E-state index is 0.155. The van der Waals surface area contributed by atoms with E-state index in [0.717, 1.165) is 16.7 Å². The second-order valence-corrected chi connectivity index (χ2v) is 10.1. The fraction of sp³-hybridized carbons (Fsp3) is 0.394. The highest BCUT2D eigenvalue weighted by molar-refractivity contribution is 5.87. The summed E-state index contributed by atoms with van der Waals surface area (Å²) >= 11 is 0. The highest BCUT2D eigenvalue weighted by Gasteiger charge is 2.51. The van der Waals surface area contributed by atoms with Crippen LogP contribution in [0, 0.1) is 5.92 Å². The van der Waals surface area contributed by atoms with Gasteiger partial charge in [-0.2, -0.15) is 0 Å². The minimum atomic E-state index is -2.12. The van der Waals surface area contributed by atoms with Crippen LogP contribution in [-0.2, 0) is 37.0 Å². The van der Waals surface area contributed by atoms with Crippen molar-refractivity contribution in [1.82, 2.24) is 4.90 Å². The van der Waals surface area contributed by atoms with Gasteiger partial charge in [0.15, 0.2) is 5.60 Å². The average Bonchev–Trinajstić information content (AvgIpc) is 2.99. The molecule has 0 saturated heterocycles. The lowest BCUT2D eigenvalue weighted by Gasteiger charge is -2.43. The summed E-state index contributed by atoms with van der Waals surface area (Å²) in [5.74, 6) is -2.78. The van der Waals surface area contributed by atoms with E-state index >= 15 is 0 Å². The van der Waals surface area contributed by atoms with E-state index in [1.54, 1.807) is 0 Å². The molecular weight excluding hydrogens is 506 g/mol. The summed E-state index contributed by atoms with van der Waals surface area (Å²) in [6.45, 7) is 4.79. The van der Waals surface area contributed by atoms with Crippen LogP contribution in [0.15, 0.2) is 91.0 Å². The first-order chi connectivity index (χ1) is 19.3. The Kier molecular flexibility index (Phi) is 11.9. The van der Waals surface area contributed by atoms with Gasteiger partial charge in [-0.15, -0.1) is 0 Å². The third-order valence-corrected chi connectivity index (χ3v) is 7.36.